The Balaban J connectivity index is 1.68. The number of rotatable bonds is 16. The molecule has 0 saturated carbocycles. The zero-order valence-corrected chi connectivity index (χ0v) is 23.9. The van der Waals surface area contributed by atoms with E-state index in [1.54, 1.807) is 12.1 Å². The zero-order chi connectivity index (χ0) is 27.4. The number of thioether (sulfide) groups is 1. The van der Waals surface area contributed by atoms with E-state index in [4.69, 9.17) is 9.15 Å². The van der Waals surface area contributed by atoms with Crippen molar-refractivity contribution in [1.29, 1.82) is 0 Å². The number of unbranched alkanes of at least 4 members (excludes halogenated alkanes) is 7. The number of esters is 1. The molecule has 0 saturated heterocycles. The highest BCUT2D eigenvalue weighted by Crippen LogP contribution is 2.38. The Hall–Kier alpha value is -2.57. The number of aliphatic hydroxyl groups is 1. The Kier molecular flexibility index (Phi) is 11.9. The number of carbonyl (C=O) groups excluding carboxylic acids is 1. The highest BCUT2D eigenvalue weighted by atomic mass is 32.2. The third-order valence-electron chi connectivity index (χ3n) is 6.89. The maximum Gasteiger partial charge on any atom is 0.374 e. The fourth-order valence-electron chi connectivity index (χ4n) is 4.68. The van der Waals surface area contributed by atoms with Gasteiger partial charge in [0.1, 0.15) is 10.5 Å². The van der Waals surface area contributed by atoms with Crippen LogP contribution in [0.2, 0.25) is 0 Å². The molecule has 3 aromatic rings. The van der Waals surface area contributed by atoms with Gasteiger partial charge in [0.2, 0.25) is 5.76 Å². The smallest absolute Gasteiger partial charge is 0.374 e. The fourth-order valence-corrected chi connectivity index (χ4v) is 5.90. The minimum absolute atomic E-state index is 0.134. The molecule has 206 valence electrons. The van der Waals surface area contributed by atoms with Gasteiger partial charge in [-0.15, -0.1) is 0 Å². The Morgan fingerprint density at radius 1 is 0.895 bits per heavy atom. The molecule has 0 spiro atoms. The fraction of sp³-hybridized carbons (Fsp3) is 0.500. The average molecular weight is 539 g/mol. The van der Waals surface area contributed by atoms with Crippen molar-refractivity contribution < 1.29 is 19.1 Å². The van der Waals surface area contributed by atoms with Crippen molar-refractivity contribution >= 4 is 28.7 Å². The minimum atomic E-state index is -1.01. The van der Waals surface area contributed by atoms with Crippen LogP contribution >= 0.6 is 11.8 Å². The molecule has 0 bridgehead atoms. The second-order valence-corrected chi connectivity index (χ2v) is 11.6. The molecule has 1 atom stereocenters. The number of hydrogen-bond acceptors (Lipinski definition) is 6. The van der Waals surface area contributed by atoms with Crippen molar-refractivity contribution in [2.45, 2.75) is 101 Å². The second-order valence-electron chi connectivity index (χ2n) is 10.1. The van der Waals surface area contributed by atoms with Gasteiger partial charge >= 0.3 is 5.97 Å². The highest BCUT2D eigenvalue weighted by molar-refractivity contribution is 8.00. The van der Waals surface area contributed by atoms with Crippen LogP contribution in [0.15, 0.2) is 62.6 Å². The molecule has 0 amide bonds. The molecule has 5 nitrogen and oxygen atoms in total. The number of fused-ring (bicyclic) bond motifs is 1. The molecular weight excluding hydrogens is 496 g/mol. The maximum absolute atomic E-state index is 12.4. The molecule has 0 radical (unpaired) electrons. The van der Waals surface area contributed by atoms with Gasteiger partial charge in [-0.1, -0.05) is 94.8 Å². The number of methoxy groups -OCH3 is 1. The molecule has 1 N–H and O–H groups in total. The summed E-state index contributed by atoms with van der Waals surface area (Å²) < 4.78 is 10.4. The Morgan fingerprint density at radius 3 is 2.24 bits per heavy atom. The SMILES string of the molecule is CCCCCCCCCc1ccc(C[C@](O)(CCCC)Sc2ccc3c(=O)cc(C(=O)OC)oc3c2)cc1. The van der Waals surface area contributed by atoms with Gasteiger partial charge in [-0.3, -0.25) is 4.79 Å². The minimum Gasteiger partial charge on any atom is -0.463 e. The van der Waals surface area contributed by atoms with Gasteiger partial charge in [0, 0.05) is 17.4 Å². The van der Waals surface area contributed by atoms with E-state index in [1.165, 1.54) is 69.4 Å². The van der Waals surface area contributed by atoms with E-state index in [-0.39, 0.29) is 11.2 Å². The van der Waals surface area contributed by atoms with E-state index in [1.807, 2.05) is 6.07 Å². The van der Waals surface area contributed by atoms with Gasteiger partial charge in [0.05, 0.1) is 12.5 Å². The topological polar surface area (TPSA) is 76.7 Å². The van der Waals surface area contributed by atoms with Gasteiger partial charge in [-0.05, 0) is 55.0 Å². The molecule has 0 aliphatic carbocycles. The molecule has 1 heterocycles. The van der Waals surface area contributed by atoms with Crippen molar-refractivity contribution in [2.24, 2.45) is 0 Å². The summed E-state index contributed by atoms with van der Waals surface area (Å²) >= 11 is 1.37. The van der Waals surface area contributed by atoms with Crippen LogP contribution in [0.5, 0.6) is 0 Å². The molecule has 0 fully saturated rings. The first-order valence-corrected chi connectivity index (χ1v) is 14.8. The van der Waals surface area contributed by atoms with Crippen LogP contribution in [0.1, 0.15) is 99.7 Å². The molecule has 38 heavy (non-hydrogen) atoms. The Morgan fingerprint density at radius 2 is 1.55 bits per heavy atom. The van der Waals surface area contributed by atoms with Gasteiger partial charge in [0.25, 0.3) is 0 Å². The molecular formula is C32H42O5S. The molecule has 6 heteroatoms. The Bertz CT molecular complexity index is 1220. The van der Waals surface area contributed by atoms with Gasteiger partial charge in [-0.2, -0.15) is 0 Å². The molecule has 0 aliphatic rings. The lowest BCUT2D eigenvalue weighted by Gasteiger charge is -2.28. The Labute approximate surface area is 231 Å². The number of aryl methyl sites for hydroxylation is 1. The monoisotopic (exact) mass is 538 g/mol. The zero-order valence-electron chi connectivity index (χ0n) is 23.1. The standard InChI is InChI=1S/C32H42O5S/c1-4-6-8-9-10-11-12-13-24-14-16-25(17-15-24)23-32(35,20-7-5-2)38-26-18-19-27-28(33)22-30(31(34)36-3)37-29(27)21-26/h14-19,21-22,35H,4-13,20,23H2,1-3H3/t32-/m0/s1. The van der Waals surface area contributed by atoms with E-state index in [9.17, 15) is 14.7 Å². The third-order valence-corrected chi connectivity index (χ3v) is 8.11. The summed E-state index contributed by atoms with van der Waals surface area (Å²) in [5, 5.41) is 12.1. The quantitative estimate of drug-likeness (QED) is 0.0859. The predicted molar refractivity (Wildman–Crippen MR) is 156 cm³/mol. The summed E-state index contributed by atoms with van der Waals surface area (Å²) in [5.74, 6) is -0.832. The van der Waals surface area contributed by atoms with Crippen LogP contribution in [0, 0.1) is 0 Å². The summed E-state index contributed by atoms with van der Waals surface area (Å²) in [6.45, 7) is 4.36. The summed E-state index contributed by atoms with van der Waals surface area (Å²) in [4.78, 5) is 24.1. The van der Waals surface area contributed by atoms with Gasteiger partial charge in [-0.25, -0.2) is 4.79 Å². The lowest BCUT2D eigenvalue weighted by Crippen LogP contribution is -2.27. The van der Waals surface area contributed by atoms with Crippen molar-refractivity contribution in [3.8, 4) is 0 Å². The van der Waals surface area contributed by atoms with Crippen molar-refractivity contribution in [2.75, 3.05) is 7.11 Å². The van der Waals surface area contributed by atoms with E-state index >= 15 is 0 Å². The summed E-state index contributed by atoms with van der Waals surface area (Å²) in [6.07, 6.45) is 13.3. The van der Waals surface area contributed by atoms with Gasteiger partial charge in [0.15, 0.2) is 5.43 Å². The first-order valence-electron chi connectivity index (χ1n) is 14.0. The van der Waals surface area contributed by atoms with Crippen LogP contribution in [-0.4, -0.2) is 23.1 Å². The van der Waals surface area contributed by atoms with Crippen molar-refractivity contribution in [3.05, 3.63) is 75.6 Å². The van der Waals surface area contributed by atoms with E-state index in [0.29, 0.717) is 23.8 Å². The number of ether oxygens (including phenoxy) is 1. The highest BCUT2D eigenvalue weighted by Gasteiger charge is 2.28. The third kappa shape index (κ3) is 9.02. The van der Waals surface area contributed by atoms with Crippen molar-refractivity contribution in [3.63, 3.8) is 0 Å². The lowest BCUT2D eigenvalue weighted by molar-refractivity contribution is 0.0565. The number of hydrogen-bond donors (Lipinski definition) is 1. The van der Waals surface area contributed by atoms with Crippen LogP contribution in [0.3, 0.4) is 0 Å². The first kappa shape index (κ1) is 30.0. The van der Waals surface area contributed by atoms with Gasteiger partial charge < -0.3 is 14.3 Å². The number of benzene rings is 2. The van der Waals surface area contributed by atoms with E-state index in [0.717, 1.165) is 35.8 Å². The lowest BCUT2D eigenvalue weighted by atomic mass is 9.99. The number of carbonyl (C=O) groups is 1. The van der Waals surface area contributed by atoms with Crippen LogP contribution < -0.4 is 5.43 Å². The first-order chi connectivity index (χ1) is 18.4. The molecule has 0 aliphatic heterocycles. The summed E-state index contributed by atoms with van der Waals surface area (Å²) in [6, 6.07) is 15.0. The van der Waals surface area contributed by atoms with Crippen LogP contribution in [-0.2, 0) is 17.6 Å². The molecule has 3 rings (SSSR count). The normalized spacial score (nSPS) is 12.9. The largest absolute Gasteiger partial charge is 0.463 e. The summed E-state index contributed by atoms with van der Waals surface area (Å²) in [7, 11) is 1.24. The second kappa shape index (κ2) is 15.1. The van der Waals surface area contributed by atoms with E-state index < -0.39 is 10.9 Å². The maximum atomic E-state index is 12.4. The van der Waals surface area contributed by atoms with Crippen molar-refractivity contribution in [1.82, 2.24) is 0 Å². The van der Waals surface area contributed by atoms with Crippen LogP contribution in [0.4, 0.5) is 0 Å². The molecule has 2 aromatic carbocycles. The molecule has 0 unspecified atom stereocenters. The molecule has 1 aromatic heterocycles. The average Bonchev–Trinajstić information content (AvgIpc) is 2.91. The predicted octanol–water partition coefficient (Wildman–Crippen LogP) is 8.09. The summed E-state index contributed by atoms with van der Waals surface area (Å²) in [5.41, 5.74) is 2.44. The van der Waals surface area contributed by atoms with E-state index in [2.05, 4.69) is 38.1 Å². The van der Waals surface area contributed by atoms with Crippen LogP contribution in [0.25, 0.3) is 11.0 Å².